The van der Waals surface area contributed by atoms with Crippen molar-refractivity contribution < 1.29 is 9.53 Å². The highest BCUT2D eigenvalue weighted by Crippen LogP contribution is 2.13. The molecule has 0 radical (unpaired) electrons. The molecule has 1 aromatic carbocycles. The van der Waals surface area contributed by atoms with Gasteiger partial charge >= 0.3 is 0 Å². The van der Waals surface area contributed by atoms with Gasteiger partial charge in [-0.2, -0.15) is 5.26 Å². The summed E-state index contributed by atoms with van der Waals surface area (Å²) in [5.74, 6) is 0.913. The van der Waals surface area contributed by atoms with Crippen LogP contribution in [0.3, 0.4) is 0 Å². The van der Waals surface area contributed by atoms with E-state index in [4.69, 9.17) is 10.00 Å². The van der Waals surface area contributed by atoms with E-state index in [-0.39, 0.29) is 11.9 Å². The second-order valence-corrected chi connectivity index (χ2v) is 5.08. The van der Waals surface area contributed by atoms with Crippen LogP contribution < -0.4 is 10.1 Å². The summed E-state index contributed by atoms with van der Waals surface area (Å²) in [7, 11) is 0. The largest absolute Gasteiger partial charge is 0.492 e. The van der Waals surface area contributed by atoms with Gasteiger partial charge in [0.05, 0.1) is 18.5 Å². The van der Waals surface area contributed by atoms with E-state index in [9.17, 15) is 4.79 Å². The number of benzene rings is 1. The maximum absolute atomic E-state index is 11.7. The van der Waals surface area contributed by atoms with Gasteiger partial charge in [0.15, 0.2) is 0 Å². The fourth-order valence-corrected chi connectivity index (χ4v) is 2.55. The number of nitrogens with one attached hydrogen (secondary N) is 1. The van der Waals surface area contributed by atoms with Crippen LogP contribution in [-0.4, -0.2) is 43.1 Å². The predicted molar refractivity (Wildman–Crippen MR) is 79.9 cm³/mol. The first kappa shape index (κ1) is 15.3. The molecule has 1 aliphatic heterocycles. The molecule has 0 aliphatic carbocycles. The van der Waals surface area contributed by atoms with Gasteiger partial charge in [-0.15, -0.1) is 0 Å². The van der Waals surface area contributed by atoms with E-state index >= 15 is 0 Å². The maximum Gasteiger partial charge on any atom is 0.237 e. The number of nitriles is 1. The summed E-state index contributed by atoms with van der Waals surface area (Å²) in [6.45, 7) is 4.90. The number of carbonyl (C=O) groups is 1. The maximum atomic E-state index is 11.7. The SMILES string of the molecule is CCC1C(=O)NCCN1CCOc1ccc(CC#N)cc1. The molecule has 5 nitrogen and oxygen atoms in total. The number of rotatable bonds is 6. The lowest BCUT2D eigenvalue weighted by Crippen LogP contribution is -2.55. The molecule has 2 rings (SSSR count). The molecule has 1 unspecified atom stereocenters. The highest BCUT2D eigenvalue weighted by molar-refractivity contribution is 5.82. The first-order valence-corrected chi connectivity index (χ1v) is 7.35. The third-order valence-corrected chi connectivity index (χ3v) is 3.68. The third kappa shape index (κ3) is 4.20. The number of piperazine rings is 1. The quantitative estimate of drug-likeness (QED) is 0.857. The molecule has 0 aromatic heterocycles. The van der Waals surface area contributed by atoms with Crippen molar-refractivity contribution in [1.82, 2.24) is 10.2 Å². The zero-order valence-electron chi connectivity index (χ0n) is 12.3. The molecule has 1 amide bonds. The Labute approximate surface area is 125 Å². The Morgan fingerprint density at radius 3 is 2.86 bits per heavy atom. The van der Waals surface area contributed by atoms with Crippen molar-refractivity contribution >= 4 is 5.91 Å². The summed E-state index contributed by atoms with van der Waals surface area (Å²) in [5.41, 5.74) is 0.989. The summed E-state index contributed by atoms with van der Waals surface area (Å²) in [4.78, 5) is 13.9. The molecule has 1 N–H and O–H groups in total. The number of hydrogen-bond donors (Lipinski definition) is 1. The summed E-state index contributed by atoms with van der Waals surface area (Å²) in [5, 5.41) is 11.5. The van der Waals surface area contributed by atoms with Gasteiger partial charge in [0.25, 0.3) is 0 Å². The first-order chi connectivity index (χ1) is 10.2. The summed E-state index contributed by atoms with van der Waals surface area (Å²) < 4.78 is 5.71. The van der Waals surface area contributed by atoms with Gasteiger partial charge in [-0.1, -0.05) is 19.1 Å². The van der Waals surface area contributed by atoms with E-state index in [1.165, 1.54) is 0 Å². The Balaban J connectivity index is 1.80. The van der Waals surface area contributed by atoms with E-state index in [1.54, 1.807) is 0 Å². The summed E-state index contributed by atoms with van der Waals surface area (Å²) in [6.07, 6.45) is 1.23. The average molecular weight is 287 g/mol. The van der Waals surface area contributed by atoms with Gasteiger partial charge < -0.3 is 10.1 Å². The molecule has 1 heterocycles. The third-order valence-electron chi connectivity index (χ3n) is 3.68. The van der Waals surface area contributed by atoms with Crippen molar-refractivity contribution in [3.05, 3.63) is 29.8 Å². The summed E-state index contributed by atoms with van der Waals surface area (Å²) in [6, 6.07) is 9.65. The molecule has 5 heteroatoms. The topological polar surface area (TPSA) is 65.4 Å². The lowest BCUT2D eigenvalue weighted by Gasteiger charge is -2.34. The molecule has 1 fully saturated rings. The first-order valence-electron chi connectivity index (χ1n) is 7.35. The number of nitrogens with zero attached hydrogens (tertiary/aromatic N) is 2. The Bertz CT molecular complexity index is 507. The van der Waals surface area contributed by atoms with Crippen LogP contribution in [0.1, 0.15) is 18.9 Å². The van der Waals surface area contributed by atoms with Crippen molar-refractivity contribution in [3.63, 3.8) is 0 Å². The Kier molecular flexibility index (Phi) is 5.59. The van der Waals surface area contributed by atoms with E-state index < -0.39 is 0 Å². The molecule has 0 bridgehead atoms. The predicted octanol–water partition coefficient (Wildman–Crippen LogP) is 1.34. The molecule has 1 saturated heterocycles. The van der Waals surface area contributed by atoms with Gasteiger partial charge in [-0.3, -0.25) is 9.69 Å². The minimum Gasteiger partial charge on any atom is -0.492 e. The van der Waals surface area contributed by atoms with E-state index in [0.717, 1.165) is 30.8 Å². The molecule has 1 aromatic rings. The Morgan fingerprint density at radius 1 is 1.43 bits per heavy atom. The highest BCUT2D eigenvalue weighted by Gasteiger charge is 2.27. The van der Waals surface area contributed by atoms with Crippen molar-refractivity contribution in [2.45, 2.75) is 25.8 Å². The molecule has 0 spiro atoms. The van der Waals surface area contributed by atoms with Crippen LogP contribution in [0.2, 0.25) is 0 Å². The van der Waals surface area contributed by atoms with Crippen LogP contribution in [0, 0.1) is 11.3 Å². The molecule has 112 valence electrons. The minimum absolute atomic E-state index is 0.0413. The normalized spacial score (nSPS) is 18.9. The Morgan fingerprint density at radius 2 is 2.19 bits per heavy atom. The van der Waals surface area contributed by atoms with Crippen LogP contribution in [-0.2, 0) is 11.2 Å². The van der Waals surface area contributed by atoms with Gasteiger partial charge in [0.1, 0.15) is 12.4 Å². The molecular formula is C16H21N3O2. The lowest BCUT2D eigenvalue weighted by atomic mass is 10.1. The second-order valence-electron chi connectivity index (χ2n) is 5.08. The standard InChI is InChI=1S/C16H21N3O2/c1-2-15-16(20)18-9-10-19(15)11-12-21-14-5-3-13(4-6-14)7-8-17/h3-6,15H,2,7,9-12H2,1H3,(H,18,20). The fraction of sp³-hybridized carbons (Fsp3) is 0.500. The molecule has 1 atom stereocenters. The number of hydrogen-bond acceptors (Lipinski definition) is 4. The molecule has 21 heavy (non-hydrogen) atoms. The molecule has 1 aliphatic rings. The fourth-order valence-electron chi connectivity index (χ4n) is 2.55. The van der Waals surface area contributed by atoms with Crippen LogP contribution in [0.15, 0.2) is 24.3 Å². The monoisotopic (exact) mass is 287 g/mol. The van der Waals surface area contributed by atoms with E-state index in [0.29, 0.717) is 19.6 Å². The van der Waals surface area contributed by atoms with Crippen molar-refractivity contribution in [3.8, 4) is 11.8 Å². The second kappa shape index (κ2) is 7.65. The average Bonchev–Trinajstić information content (AvgIpc) is 2.49. The smallest absolute Gasteiger partial charge is 0.237 e. The number of carbonyl (C=O) groups excluding carboxylic acids is 1. The van der Waals surface area contributed by atoms with Crippen LogP contribution >= 0.6 is 0 Å². The van der Waals surface area contributed by atoms with Crippen molar-refractivity contribution in [2.24, 2.45) is 0 Å². The highest BCUT2D eigenvalue weighted by atomic mass is 16.5. The Hall–Kier alpha value is -2.06. The van der Waals surface area contributed by atoms with Gasteiger partial charge in [0.2, 0.25) is 5.91 Å². The van der Waals surface area contributed by atoms with Gasteiger partial charge in [-0.05, 0) is 24.1 Å². The van der Waals surface area contributed by atoms with Crippen molar-refractivity contribution in [2.75, 3.05) is 26.2 Å². The van der Waals surface area contributed by atoms with Crippen LogP contribution in [0.5, 0.6) is 5.75 Å². The van der Waals surface area contributed by atoms with Crippen molar-refractivity contribution in [1.29, 1.82) is 5.26 Å². The summed E-state index contributed by atoms with van der Waals surface area (Å²) >= 11 is 0. The lowest BCUT2D eigenvalue weighted by molar-refractivity contribution is -0.129. The zero-order chi connectivity index (χ0) is 15.1. The van der Waals surface area contributed by atoms with Crippen LogP contribution in [0.25, 0.3) is 0 Å². The zero-order valence-corrected chi connectivity index (χ0v) is 12.3. The molecule has 0 saturated carbocycles. The number of amides is 1. The number of ether oxygens (including phenoxy) is 1. The van der Waals surface area contributed by atoms with Crippen LogP contribution in [0.4, 0.5) is 0 Å². The molecular weight excluding hydrogens is 266 g/mol. The van der Waals surface area contributed by atoms with Gasteiger partial charge in [0, 0.05) is 19.6 Å². The minimum atomic E-state index is -0.0413. The van der Waals surface area contributed by atoms with Gasteiger partial charge in [-0.25, -0.2) is 0 Å². The van der Waals surface area contributed by atoms with E-state index in [2.05, 4.69) is 16.3 Å². The van der Waals surface area contributed by atoms with E-state index in [1.807, 2.05) is 31.2 Å².